The van der Waals surface area contributed by atoms with E-state index in [2.05, 4.69) is 6.58 Å². The molecule has 22 heavy (non-hydrogen) atoms. The Morgan fingerprint density at radius 2 is 2.05 bits per heavy atom. The fourth-order valence-corrected chi connectivity index (χ4v) is 3.42. The number of sulfonamides is 1. The van der Waals surface area contributed by atoms with Gasteiger partial charge in [0.05, 0.1) is 23.9 Å². The van der Waals surface area contributed by atoms with Crippen LogP contribution in [0.25, 0.3) is 0 Å². The summed E-state index contributed by atoms with van der Waals surface area (Å²) < 4.78 is 37.3. The molecule has 120 valence electrons. The molecule has 1 aliphatic heterocycles. The number of carbonyl (C=O) groups excluding carboxylic acids is 1. The predicted octanol–water partition coefficient (Wildman–Crippen LogP) is 1.57. The van der Waals surface area contributed by atoms with Crippen LogP contribution in [-0.4, -0.2) is 39.0 Å². The zero-order valence-corrected chi connectivity index (χ0v) is 13.5. The van der Waals surface area contributed by atoms with Gasteiger partial charge in [-0.2, -0.15) is 0 Å². The third kappa shape index (κ3) is 4.41. The van der Waals surface area contributed by atoms with Gasteiger partial charge in [-0.3, -0.25) is 4.79 Å². The molecule has 0 spiro atoms. The minimum atomic E-state index is -3.92. The summed E-state index contributed by atoms with van der Waals surface area (Å²) in [6, 6.07) is 4.29. The summed E-state index contributed by atoms with van der Waals surface area (Å²) in [4.78, 5) is 11.6. The van der Waals surface area contributed by atoms with E-state index in [1.165, 1.54) is 30.0 Å². The van der Waals surface area contributed by atoms with Crippen molar-refractivity contribution in [3.8, 4) is 11.5 Å². The molecule has 0 aromatic heterocycles. The number of fused-ring (bicyclic) bond motifs is 1. The predicted molar refractivity (Wildman–Crippen MR) is 84.9 cm³/mol. The summed E-state index contributed by atoms with van der Waals surface area (Å²) in [6.45, 7) is 4.52. The number of hydrogen-bond acceptors (Lipinski definition) is 6. The lowest BCUT2D eigenvalue weighted by Crippen LogP contribution is -2.32. The van der Waals surface area contributed by atoms with Crippen molar-refractivity contribution in [2.45, 2.75) is 11.3 Å². The van der Waals surface area contributed by atoms with E-state index in [1.54, 1.807) is 6.08 Å². The second kappa shape index (κ2) is 7.55. The van der Waals surface area contributed by atoms with Gasteiger partial charge in [0.15, 0.2) is 11.5 Å². The van der Waals surface area contributed by atoms with Gasteiger partial charge in [-0.15, -0.1) is 18.3 Å². The molecule has 1 amide bonds. The zero-order chi connectivity index (χ0) is 16.0. The third-order valence-electron chi connectivity index (χ3n) is 2.75. The van der Waals surface area contributed by atoms with Gasteiger partial charge in [0, 0.05) is 18.2 Å². The summed E-state index contributed by atoms with van der Waals surface area (Å²) in [6.07, 6.45) is 2.38. The Balaban J connectivity index is 2.10. The molecule has 8 heteroatoms. The van der Waals surface area contributed by atoms with Gasteiger partial charge < -0.3 is 9.47 Å². The van der Waals surface area contributed by atoms with Crippen molar-refractivity contribution >= 4 is 27.7 Å². The van der Waals surface area contributed by atoms with Crippen LogP contribution < -0.4 is 14.2 Å². The maximum atomic E-state index is 12.2. The maximum absolute atomic E-state index is 12.2. The molecule has 0 radical (unpaired) electrons. The van der Waals surface area contributed by atoms with Gasteiger partial charge in [-0.1, -0.05) is 6.08 Å². The first-order valence-corrected chi connectivity index (χ1v) is 9.30. The summed E-state index contributed by atoms with van der Waals surface area (Å²) in [7, 11) is -3.92. The topological polar surface area (TPSA) is 81.7 Å². The minimum absolute atomic E-state index is 0.0289. The first-order chi connectivity index (χ1) is 10.5. The number of carbonyl (C=O) groups is 1. The summed E-state index contributed by atoms with van der Waals surface area (Å²) in [5.74, 6) is 0.935. The second-order valence-corrected chi connectivity index (χ2v) is 7.20. The Morgan fingerprint density at radius 1 is 1.32 bits per heavy atom. The van der Waals surface area contributed by atoms with Crippen molar-refractivity contribution in [1.82, 2.24) is 4.72 Å². The molecule has 0 bridgehead atoms. The van der Waals surface area contributed by atoms with Crippen LogP contribution >= 0.6 is 11.8 Å². The van der Waals surface area contributed by atoms with E-state index in [4.69, 9.17) is 9.47 Å². The lowest BCUT2D eigenvalue weighted by molar-refractivity contribution is -0.116. The first kappa shape index (κ1) is 16.7. The Morgan fingerprint density at radius 3 is 2.77 bits per heavy atom. The number of rotatable bonds is 6. The van der Waals surface area contributed by atoms with Gasteiger partial charge in [0.2, 0.25) is 5.91 Å². The normalized spacial score (nSPS) is 14.0. The van der Waals surface area contributed by atoms with Crippen LogP contribution in [0.15, 0.2) is 35.7 Å². The molecule has 0 atom stereocenters. The van der Waals surface area contributed by atoms with Crippen LogP contribution in [0.4, 0.5) is 0 Å². The van der Waals surface area contributed by atoms with E-state index < -0.39 is 15.9 Å². The number of benzene rings is 1. The molecule has 1 heterocycles. The van der Waals surface area contributed by atoms with E-state index >= 15 is 0 Å². The number of nitrogens with one attached hydrogen (secondary N) is 1. The molecule has 0 saturated heterocycles. The van der Waals surface area contributed by atoms with Crippen molar-refractivity contribution in [2.24, 2.45) is 0 Å². The van der Waals surface area contributed by atoms with Crippen LogP contribution in [-0.2, 0) is 14.8 Å². The van der Waals surface area contributed by atoms with Crippen molar-refractivity contribution in [3.63, 3.8) is 0 Å². The van der Waals surface area contributed by atoms with E-state index in [-0.39, 0.29) is 10.6 Å². The van der Waals surface area contributed by atoms with E-state index in [9.17, 15) is 13.2 Å². The van der Waals surface area contributed by atoms with Crippen LogP contribution in [0.1, 0.15) is 6.42 Å². The molecule has 0 unspecified atom stereocenters. The molecular weight excluding hydrogens is 326 g/mol. The molecule has 0 saturated carbocycles. The van der Waals surface area contributed by atoms with Crippen molar-refractivity contribution in [3.05, 3.63) is 30.9 Å². The molecule has 0 fully saturated rings. The number of hydrogen-bond donors (Lipinski definition) is 1. The molecule has 1 aliphatic rings. The molecule has 2 rings (SSSR count). The Hall–Kier alpha value is -1.67. The average molecular weight is 343 g/mol. The molecule has 6 nitrogen and oxygen atoms in total. The largest absolute Gasteiger partial charge is 0.490 e. The average Bonchev–Trinajstić information content (AvgIpc) is 2.71. The SMILES string of the molecule is C=CCSCC(=O)NS(=O)(=O)c1ccc2c(c1)OCCCO2. The third-order valence-corrected chi connectivity index (χ3v) is 5.05. The van der Waals surface area contributed by atoms with Gasteiger partial charge in [0.25, 0.3) is 10.0 Å². The number of thioether (sulfide) groups is 1. The van der Waals surface area contributed by atoms with Crippen LogP contribution in [0.5, 0.6) is 11.5 Å². The molecule has 1 aromatic carbocycles. The number of amides is 1. The van der Waals surface area contributed by atoms with E-state index in [1.807, 2.05) is 4.72 Å². The van der Waals surface area contributed by atoms with Gasteiger partial charge in [-0.05, 0) is 12.1 Å². The van der Waals surface area contributed by atoms with E-state index in [0.717, 1.165) is 6.42 Å². The standard InChI is InChI=1S/C14H17NO5S2/c1-2-8-21-10-14(16)15-22(17,18)11-4-5-12-13(9-11)20-7-3-6-19-12/h2,4-5,9H,1,3,6-8,10H2,(H,15,16). The van der Waals surface area contributed by atoms with Gasteiger partial charge >= 0.3 is 0 Å². The summed E-state index contributed by atoms with van der Waals surface area (Å²) in [5, 5.41) is 0. The lowest BCUT2D eigenvalue weighted by Gasteiger charge is -2.10. The highest BCUT2D eigenvalue weighted by Crippen LogP contribution is 2.31. The molecule has 0 aliphatic carbocycles. The smallest absolute Gasteiger partial charge is 0.264 e. The monoisotopic (exact) mass is 343 g/mol. The lowest BCUT2D eigenvalue weighted by atomic mass is 10.3. The van der Waals surface area contributed by atoms with Gasteiger partial charge in [-0.25, -0.2) is 13.1 Å². The van der Waals surface area contributed by atoms with Crippen LogP contribution in [0.3, 0.4) is 0 Å². The molecule has 1 N–H and O–H groups in total. The highest BCUT2D eigenvalue weighted by molar-refractivity contribution is 8.00. The fraction of sp³-hybridized carbons (Fsp3) is 0.357. The fourth-order valence-electron chi connectivity index (χ4n) is 1.78. The van der Waals surface area contributed by atoms with Gasteiger partial charge in [0.1, 0.15) is 0 Å². The minimum Gasteiger partial charge on any atom is -0.490 e. The van der Waals surface area contributed by atoms with E-state index in [0.29, 0.717) is 30.5 Å². The quantitative estimate of drug-likeness (QED) is 0.624. The van der Waals surface area contributed by atoms with Crippen molar-refractivity contribution in [1.29, 1.82) is 0 Å². The molecule has 1 aromatic rings. The van der Waals surface area contributed by atoms with Crippen LogP contribution in [0, 0.1) is 0 Å². The zero-order valence-electron chi connectivity index (χ0n) is 11.9. The van der Waals surface area contributed by atoms with Crippen LogP contribution in [0.2, 0.25) is 0 Å². The summed E-state index contributed by atoms with van der Waals surface area (Å²) in [5.41, 5.74) is 0. The number of ether oxygens (including phenoxy) is 2. The molecular formula is C14H17NO5S2. The second-order valence-electron chi connectivity index (χ2n) is 4.49. The maximum Gasteiger partial charge on any atom is 0.264 e. The highest BCUT2D eigenvalue weighted by Gasteiger charge is 2.20. The summed E-state index contributed by atoms with van der Waals surface area (Å²) >= 11 is 1.28. The van der Waals surface area contributed by atoms with Crippen molar-refractivity contribution in [2.75, 3.05) is 24.7 Å². The Kier molecular flexibility index (Phi) is 5.73. The first-order valence-electron chi connectivity index (χ1n) is 6.67. The van der Waals surface area contributed by atoms with Crippen molar-refractivity contribution < 1.29 is 22.7 Å². The Bertz CT molecular complexity index is 657. The Labute approximate surface area is 133 Å². The highest BCUT2D eigenvalue weighted by atomic mass is 32.2.